The number of benzene rings is 2. The average Bonchev–Trinajstić information content (AvgIpc) is 2.54. The number of rotatable bonds is 5. The van der Waals surface area contributed by atoms with E-state index in [0.29, 0.717) is 11.3 Å². The van der Waals surface area contributed by atoms with Crippen LogP contribution >= 0.6 is 0 Å². The fraction of sp³-hybridized carbons (Fsp3) is 0.278. The van der Waals surface area contributed by atoms with Gasteiger partial charge in [0.15, 0.2) is 0 Å². The molecule has 2 aromatic rings. The zero-order valence-electron chi connectivity index (χ0n) is 14.2. The van der Waals surface area contributed by atoms with E-state index in [1.54, 1.807) is 57.4 Å². The second kappa shape index (κ2) is 6.65. The Morgan fingerprint density at radius 3 is 2.04 bits per heavy atom. The van der Waals surface area contributed by atoms with Crippen molar-refractivity contribution in [3.05, 3.63) is 59.7 Å². The van der Waals surface area contributed by atoms with Gasteiger partial charge in [-0.05, 0) is 50.6 Å². The highest BCUT2D eigenvalue weighted by molar-refractivity contribution is 7.90. The predicted molar refractivity (Wildman–Crippen MR) is 92.5 cm³/mol. The Morgan fingerprint density at radius 2 is 1.54 bits per heavy atom. The first-order valence-electron chi connectivity index (χ1n) is 7.45. The molecule has 5 nitrogen and oxygen atoms in total. The second-order valence-corrected chi connectivity index (χ2v) is 7.78. The van der Waals surface area contributed by atoms with Crippen molar-refractivity contribution < 1.29 is 17.9 Å². The molecule has 2 aromatic carbocycles. The Balaban J connectivity index is 2.24. The highest BCUT2D eigenvalue weighted by Crippen LogP contribution is 2.26. The van der Waals surface area contributed by atoms with Crippen molar-refractivity contribution in [3.8, 4) is 5.75 Å². The quantitative estimate of drug-likeness (QED) is 0.903. The fourth-order valence-electron chi connectivity index (χ4n) is 2.16. The summed E-state index contributed by atoms with van der Waals surface area (Å²) in [5.41, 5.74) is 0.628. The lowest BCUT2D eigenvalue weighted by Crippen LogP contribution is -2.43. The van der Waals surface area contributed by atoms with Gasteiger partial charge in [-0.1, -0.05) is 29.8 Å². The highest BCUT2D eigenvalue weighted by atomic mass is 32.2. The number of carbonyl (C=O) groups excluding carboxylic acids is 1. The first-order valence-corrected chi connectivity index (χ1v) is 8.93. The summed E-state index contributed by atoms with van der Waals surface area (Å²) in [5.74, 6) is 0.0791. The van der Waals surface area contributed by atoms with Gasteiger partial charge in [0.2, 0.25) is 5.91 Å². The van der Waals surface area contributed by atoms with Crippen LogP contribution in [0.4, 0.5) is 0 Å². The summed E-state index contributed by atoms with van der Waals surface area (Å²) in [5, 5.41) is 0. The van der Waals surface area contributed by atoms with E-state index >= 15 is 0 Å². The summed E-state index contributed by atoms with van der Waals surface area (Å²) in [6, 6.07) is 13.3. The Bertz CT molecular complexity index is 822. The molecule has 1 N–H and O–H groups in total. The van der Waals surface area contributed by atoms with Crippen LogP contribution in [-0.2, 0) is 20.2 Å². The predicted octanol–water partition coefficient (Wildman–Crippen LogP) is 2.79. The molecule has 0 spiro atoms. The largest absolute Gasteiger partial charge is 0.497 e. The van der Waals surface area contributed by atoms with Crippen LogP contribution < -0.4 is 9.46 Å². The number of hydrogen-bond acceptors (Lipinski definition) is 4. The van der Waals surface area contributed by atoms with Crippen LogP contribution in [0, 0.1) is 6.92 Å². The van der Waals surface area contributed by atoms with E-state index in [-0.39, 0.29) is 4.90 Å². The topological polar surface area (TPSA) is 72.5 Å². The fourth-order valence-corrected chi connectivity index (χ4v) is 3.28. The molecule has 2 rings (SSSR count). The standard InChI is InChI=1S/C18H21NO4S/c1-13-5-11-16(12-6-13)24(21,22)19-17(20)18(2,3)14-7-9-15(23-4)10-8-14/h5-12H,1-4H3,(H,19,20). The molecule has 0 bridgehead atoms. The van der Waals surface area contributed by atoms with E-state index in [4.69, 9.17) is 4.74 Å². The Kier molecular flexibility index (Phi) is 4.99. The highest BCUT2D eigenvalue weighted by Gasteiger charge is 2.33. The molecule has 0 fully saturated rings. The maximum absolute atomic E-state index is 12.6. The monoisotopic (exact) mass is 347 g/mol. The van der Waals surface area contributed by atoms with Gasteiger partial charge in [0.25, 0.3) is 10.0 Å². The number of methoxy groups -OCH3 is 1. The van der Waals surface area contributed by atoms with Gasteiger partial charge in [-0.3, -0.25) is 4.79 Å². The first kappa shape index (κ1) is 18.0. The molecule has 0 saturated heterocycles. The number of aryl methyl sites for hydroxylation is 1. The maximum atomic E-state index is 12.6. The zero-order valence-corrected chi connectivity index (χ0v) is 15.0. The summed E-state index contributed by atoms with van der Waals surface area (Å²) < 4.78 is 32.0. The van der Waals surface area contributed by atoms with Crippen LogP contribution in [0.2, 0.25) is 0 Å². The van der Waals surface area contributed by atoms with Gasteiger partial charge in [0, 0.05) is 0 Å². The Labute approximate surface area is 142 Å². The molecule has 1 amide bonds. The van der Waals surface area contributed by atoms with Gasteiger partial charge < -0.3 is 4.74 Å². The summed E-state index contributed by atoms with van der Waals surface area (Å²) in [4.78, 5) is 12.6. The van der Waals surface area contributed by atoms with E-state index in [9.17, 15) is 13.2 Å². The molecular formula is C18H21NO4S. The number of amides is 1. The van der Waals surface area contributed by atoms with Crippen LogP contribution in [0.25, 0.3) is 0 Å². The third-order valence-electron chi connectivity index (χ3n) is 3.94. The van der Waals surface area contributed by atoms with Gasteiger partial charge in [0.05, 0.1) is 17.4 Å². The van der Waals surface area contributed by atoms with Crippen molar-refractivity contribution in [2.45, 2.75) is 31.1 Å². The minimum absolute atomic E-state index is 0.0620. The minimum atomic E-state index is -3.90. The molecule has 128 valence electrons. The number of carbonyl (C=O) groups is 1. The van der Waals surface area contributed by atoms with E-state index in [2.05, 4.69) is 4.72 Å². The van der Waals surface area contributed by atoms with Crippen molar-refractivity contribution in [3.63, 3.8) is 0 Å². The van der Waals surface area contributed by atoms with E-state index in [0.717, 1.165) is 5.56 Å². The van der Waals surface area contributed by atoms with Crippen molar-refractivity contribution in [1.29, 1.82) is 0 Å². The molecule has 0 unspecified atom stereocenters. The van der Waals surface area contributed by atoms with Crippen molar-refractivity contribution in [1.82, 2.24) is 4.72 Å². The lowest BCUT2D eigenvalue weighted by molar-refractivity contribution is -0.123. The lowest BCUT2D eigenvalue weighted by atomic mass is 9.84. The molecule has 6 heteroatoms. The van der Waals surface area contributed by atoms with Crippen LogP contribution in [0.1, 0.15) is 25.0 Å². The average molecular weight is 347 g/mol. The van der Waals surface area contributed by atoms with Crippen LogP contribution in [-0.4, -0.2) is 21.4 Å². The molecular weight excluding hydrogens is 326 g/mol. The maximum Gasteiger partial charge on any atom is 0.264 e. The summed E-state index contributed by atoms with van der Waals surface area (Å²) >= 11 is 0. The summed E-state index contributed by atoms with van der Waals surface area (Å²) in [7, 11) is -2.35. The van der Waals surface area contributed by atoms with E-state index < -0.39 is 21.3 Å². The molecule has 24 heavy (non-hydrogen) atoms. The molecule has 0 radical (unpaired) electrons. The van der Waals surface area contributed by atoms with Gasteiger partial charge in [-0.15, -0.1) is 0 Å². The van der Waals surface area contributed by atoms with Gasteiger partial charge in [0.1, 0.15) is 5.75 Å². The number of hydrogen-bond donors (Lipinski definition) is 1. The van der Waals surface area contributed by atoms with Crippen LogP contribution in [0.15, 0.2) is 53.4 Å². The Morgan fingerprint density at radius 1 is 1.00 bits per heavy atom. The molecule has 0 heterocycles. The van der Waals surface area contributed by atoms with Crippen LogP contribution in [0.5, 0.6) is 5.75 Å². The molecule has 0 atom stereocenters. The van der Waals surface area contributed by atoms with Crippen molar-refractivity contribution in [2.75, 3.05) is 7.11 Å². The normalized spacial score (nSPS) is 11.8. The lowest BCUT2D eigenvalue weighted by Gasteiger charge is -2.24. The van der Waals surface area contributed by atoms with Crippen molar-refractivity contribution >= 4 is 15.9 Å². The van der Waals surface area contributed by atoms with Gasteiger partial charge in [-0.2, -0.15) is 0 Å². The Hall–Kier alpha value is -2.34. The van der Waals surface area contributed by atoms with E-state index in [1.165, 1.54) is 12.1 Å². The number of sulfonamides is 1. The molecule has 0 aromatic heterocycles. The first-order chi connectivity index (χ1) is 11.2. The van der Waals surface area contributed by atoms with Crippen LogP contribution in [0.3, 0.4) is 0 Å². The van der Waals surface area contributed by atoms with Gasteiger partial charge in [-0.25, -0.2) is 13.1 Å². The minimum Gasteiger partial charge on any atom is -0.497 e. The summed E-state index contributed by atoms with van der Waals surface area (Å²) in [6.45, 7) is 5.21. The second-order valence-electron chi connectivity index (χ2n) is 6.10. The number of ether oxygens (including phenoxy) is 1. The molecule has 0 aliphatic rings. The third kappa shape index (κ3) is 3.76. The molecule has 0 aliphatic carbocycles. The van der Waals surface area contributed by atoms with Crippen molar-refractivity contribution in [2.24, 2.45) is 0 Å². The molecule has 0 aliphatic heterocycles. The van der Waals surface area contributed by atoms with E-state index in [1.807, 2.05) is 6.92 Å². The summed E-state index contributed by atoms with van der Waals surface area (Å²) in [6.07, 6.45) is 0. The SMILES string of the molecule is COc1ccc(C(C)(C)C(=O)NS(=O)(=O)c2ccc(C)cc2)cc1. The smallest absolute Gasteiger partial charge is 0.264 e. The number of nitrogens with one attached hydrogen (secondary N) is 1. The third-order valence-corrected chi connectivity index (χ3v) is 5.28. The van der Waals surface area contributed by atoms with Gasteiger partial charge >= 0.3 is 0 Å². The molecule has 0 saturated carbocycles. The zero-order chi connectivity index (χ0) is 18.0.